The number of aliphatic hydroxyl groups is 1. The summed E-state index contributed by atoms with van der Waals surface area (Å²) in [5.74, 6) is 0. The topological polar surface area (TPSA) is 91.7 Å². The van der Waals surface area contributed by atoms with E-state index >= 15 is 0 Å². The van der Waals surface area contributed by atoms with E-state index in [1.165, 1.54) is 12.1 Å². The molecule has 0 saturated carbocycles. The molecule has 0 amide bonds. The van der Waals surface area contributed by atoms with Gasteiger partial charge in [-0.2, -0.15) is 18.3 Å². The monoisotopic (exact) mass is 456 g/mol. The van der Waals surface area contributed by atoms with Crippen molar-refractivity contribution >= 4 is 10.9 Å². The van der Waals surface area contributed by atoms with E-state index in [4.69, 9.17) is 0 Å². The normalized spacial score (nSPS) is 23.8. The molecule has 172 valence electrons. The summed E-state index contributed by atoms with van der Waals surface area (Å²) in [5, 5.41) is 31.7. The smallest absolute Gasteiger partial charge is 0.385 e. The average Bonchev–Trinajstić information content (AvgIpc) is 3.41. The lowest BCUT2D eigenvalue weighted by Crippen LogP contribution is -2.47. The predicted octanol–water partition coefficient (Wildman–Crippen LogP) is 3.92. The molecular formula is C23H23F3N6O. The summed E-state index contributed by atoms with van der Waals surface area (Å²) in [6.07, 6.45) is -1.94. The number of rotatable bonds is 4. The number of benzene rings is 2. The van der Waals surface area contributed by atoms with Crippen LogP contribution in [0.2, 0.25) is 0 Å². The Balaban J connectivity index is 1.36. The van der Waals surface area contributed by atoms with Gasteiger partial charge in [0.1, 0.15) is 0 Å². The molecule has 5 rings (SSSR count). The molecule has 1 aliphatic rings. The number of hydrogen-bond donors (Lipinski definition) is 3. The molecule has 2 aromatic heterocycles. The van der Waals surface area contributed by atoms with Crippen LogP contribution >= 0.6 is 0 Å². The molecule has 7 nitrogen and oxygen atoms in total. The molecule has 1 saturated heterocycles. The number of aromatic amines is 1. The van der Waals surface area contributed by atoms with Gasteiger partial charge in [-0.05, 0) is 37.1 Å². The lowest BCUT2D eigenvalue weighted by molar-refractivity contribution is -0.137. The second-order valence-electron chi connectivity index (χ2n) is 8.70. The first-order chi connectivity index (χ1) is 15.7. The minimum atomic E-state index is -4.41. The van der Waals surface area contributed by atoms with Gasteiger partial charge in [0.05, 0.1) is 46.9 Å². The highest BCUT2D eigenvalue weighted by Crippen LogP contribution is 2.40. The van der Waals surface area contributed by atoms with Gasteiger partial charge in [0, 0.05) is 17.8 Å². The van der Waals surface area contributed by atoms with Crippen molar-refractivity contribution in [3.05, 3.63) is 77.2 Å². The molecule has 0 radical (unpaired) electrons. The van der Waals surface area contributed by atoms with Crippen LogP contribution in [0.5, 0.6) is 0 Å². The molecule has 1 fully saturated rings. The lowest BCUT2D eigenvalue weighted by Gasteiger charge is -2.40. The molecule has 2 aromatic carbocycles. The number of hydrogen-bond acceptors (Lipinski definition) is 5. The van der Waals surface area contributed by atoms with Crippen molar-refractivity contribution in [3.8, 4) is 0 Å². The number of halogens is 3. The maximum Gasteiger partial charge on any atom is 0.416 e. The van der Waals surface area contributed by atoms with Crippen molar-refractivity contribution < 1.29 is 18.3 Å². The van der Waals surface area contributed by atoms with Crippen LogP contribution < -0.4 is 5.32 Å². The van der Waals surface area contributed by atoms with Crippen LogP contribution in [0, 0.1) is 0 Å². The summed E-state index contributed by atoms with van der Waals surface area (Å²) in [5.41, 5.74) is 0.900. The van der Waals surface area contributed by atoms with Gasteiger partial charge in [0.25, 0.3) is 0 Å². The first-order valence-corrected chi connectivity index (χ1v) is 10.7. The number of nitrogens with one attached hydrogen (secondary N) is 2. The Morgan fingerprint density at radius 1 is 1.12 bits per heavy atom. The third-order valence-electron chi connectivity index (χ3n) is 6.19. The van der Waals surface area contributed by atoms with Gasteiger partial charge in [0.2, 0.25) is 0 Å². The number of aromatic nitrogens is 5. The largest absolute Gasteiger partial charge is 0.416 e. The van der Waals surface area contributed by atoms with E-state index < -0.39 is 17.3 Å². The summed E-state index contributed by atoms with van der Waals surface area (Å²) in [4.78, 5) is 0. The third kappa shape index (κ3) is 4.23. The van der Waals surface area contributed by atoms with Crippen LogP contribution in [0.25, 0.3) is 10.9 Å². The van der Waals surface area contributed by atoms with Crippen LogP contribution in [-0.2, 0) is 18.3 Å². The first kappa shape index (κ1) is 21.6. The summed E-state index contributed by atoms with van der Waals surface area (Å²) in [6, 6.07) is 12.2. The van der Waals surface area contributed by atoms with Crippen LogP contribution in [0.3, 0.4) is 0 Å². The Labute approximate surface area is 187 Å². The number of alkyl halides is 3. The fraction of sp³-hybridized carbons (Fsp3) is 0.348. The summed E-state index contributed by atoms with van der Waals surface area (Å²) < 4.78 is 40.5. The molecule has 10 heteroatoms. The molecule has 3 atom stereocenters. The summed E-state index contributed by atoms with van der Waals surface area (Å²) >= 11 is 0. The number of H-pyrrole nitrogens is 1. The second kappa shape index (κ2) is 7.96. The highest BCUT2D eigenvalue weighted by molar-refractivity contribution is 5.81. The van der Waals surface area contributed by atoms with Crippen molar-refractivity contribution in [2.24, 2.45) is 0 Å². The van der Waals surface area contributed by atoms with E-state index in [1.54, 1.807) is 4.68 Å². The Morgan fingerprint density at radius 3 is 2.64 bits per heavy atom. The van der Waals surface area contributed by atoms with Crippen LogP contribution in [-0.4, -0.2) is 36.3 Å². The quantitative estimate of drug-likeness (QED) is 0.433. The minimum absolute atomic E-state index is 0.0715. The fourth-order valence-corrected chi connectivity index (χ4v) is 4.63. The molecule has 0 spiro atoms. The maximum atomic E-state index is 12.9. The zero-order valence-electron chi connectivity index (χ0n) is 17.8. The van der Waals surface area contributed by atoms with E-state index in [-0.39, 0.29) is 18.5 Å². The van der Waals surface area contributed by atoms with Crippen molar-refractivity contribution in [2.45, 2.75) is 50.2 Å². The molecule has 0 bridgehead atoms. The van der Waals surface area contributed by atoms with E-state index in [0.717, 1.165) is 28.7 Å². The van der Waals surface area contributed by atoms with Crippen LogP contribution in [0.15, 0.2) is 54.7 Å². The Hall–Kier alpha value is -3.24. The summed E-state index contributed by atoms with van der Waals surface area (Å²) in [7, 11) is 0. The van der Waals surface area contributed by atoms with Gasteiger partial charge in [-0.15, -0.1) is 5.10 Å². The highest BCUT2D eigenvalue weighted by Gasteiger charge is 2.41. The molecule has 0 aliphatic carbocycles. The Bertz CT molecular complexity index is 1270. The van der Waals surface area contributed by atoms with E-state index in [0.29, 0.717) is 24.2 Å². The van der Waals surface area contributed by atoms with Gasteiger partial charge in [-0.1, -0.05) is 35.5 Å². The molecule has 33 heavy (non-hydrogen) atoms. The van der Waals surface area contributed by atoms with Crippen LogP contribution in [0.1, 0.15) is 48.3 Å². The van der Waals surface area contributed by atoms with E-state index in [9.17, 15) is 18.3 Å². The molecule has 3 N–H and O–H groups in total. The maximum absolute atomic E-state index is 12.9. The van der Waals surface area contributed by atoms with Crippen molar-refractivity contribution in [1.82, 2.24) is 30.5 Å². The van der Waals surface area contributed by atoms with E-state index in [2.05, 4.69) is 25.8 Å². The first-order valence-electron chi connectivity index (χ1n) is 10.7. The van der Waals surface area contributed by atoms with Crippen LogP contribution in [0.4, 0.5) is 13.2 Å². The molecule has 1 aliphatic heterocycles. The SMILES string of the molecule is C[C@H]1CC(O)(c2ccc(C(F)(F)F)cc2)C[C@@H](c2cn(Cc3[nH]nc4ccccc34)nn2)N1. The molecule has 1 unspecified atom stereocenters. The Kier molecular flexibility index (Phi) is 5.21. The molecule has 4 aromatic rings. The Morgan fingerprint density at radius 2 is 1.88 bits per heavy atom. The number of para-hydroxylation sites is 1. The molecular weight excluding hydrogens is 433 g/mol. The van der Waals surface area contributed by atoms with Gasteiger partial charge in [-0.3, -0.25) is 5.10 Å². The predicted molar refractivity (Wildman–Crippen MR) is 115 cm³/mol. The lowest BCUT2D eigenvalue weighted by atomic mass is 9.78. The van der Waals surface area contributed by atoms with Crippen molar-refractivity contribution in [3.63, 3.8) is 0 Å². The zero-order chi connectivity index (χ0) is 23.2. The second-order valence-corrected chi connectivity index (χ2v) is 8.70. The highest BCUT2D eigenvalue weighted by atomic mass is 19.4. The van der Waals surface area contributed by atoms with Gasteiger partial charge in [-0.25, -0.2) is 4.68 Å². The molecule has 3 heterocycles. The summed E-state index contributed by atoms with van der Waals surface area (Å²) in [6.45, 7) is 2.39. The van der Waals surface area contributed by atoms with E-state index in [1.807, 2.05) is 37.4 Å². The standard InChI is InChI=1S/C23H23F3N6O/c1-14-10-22(33,15-6-8-16(9-7-15)23(24,25)26)11-19(27-14)21-13-32(31-30-21)12-20-17-4-2-3-5-18(17)28-29-20/h2-9,13-14,19,27,33H,10-12H2,1H3,(H,28,29)/t14-,19-,22?/m0/s1. The third-order valence-corrected chi connectivity index (χ3v) is 6.19. The van der Waals surface area contributed by atoms with Crippen molar-refractivity contribution in [2.75, 3.05) is 0 Å². The zero-order valence-corrected chi connectivity index (χ0v) is 17.8. The fourth-order valence-electron chi connectivity index (χ4n) is 4.63. The number of piperidine rings is 1. The minimum Gasteiger partial charge on any atom is -0.385 e. The van der Waals surface area contributed by atoms with Gasteiger partial charge >= 0.3 is 6.18 Å². The van der Waals surface area contributed by atoms with Gasteiger partial charge in [0.15, 0.2) is 0 Å². The average molecular weight is 456 g/mol. The van der Waals surface area contributed by atoms with Gasteiger partial charge < -0.3 is 10.4 Å². The number of nitrogens with zero attached hydrogens (tertiary/aromatic N) is 4. The number of fused-ring (bicyclic) bond motifs is 1. The van der Waals surface area contributed by atoms with Crippen molar-refractivity contribution in [1.29, 1.82) is 0 Å².